The molecule has 1 fully saturated rings. The van der Waals surface area contributed by atoms with E-state index in [1.54, 1.807) is 12.4 Å². The maximum atomic E-state index is 11.3. The number of para-hydroxylation sites is 1. The minimum Gasteiger partial charge on any atom is -0.481 e. The van der Waals surface area contributed by atoms with E-state index in [0.717, 1.165) is 16.9 Å². The van der Waals surface area contributed by atoms with Crippen LogP contribution in [0.25, 0.3) is 22.6 Å². The maximum Gasteiger partial charge on any atom is 0.306 e. The Balaban J connectivity index is 1.44. The molecule has 1 aliphatic rings. The number of piperidine rings is 1. The number of carbonyl (C=O) groups is 1. The molecule has 0 atom stereocenters. The lowest BCUT2D eigenvalue weighted by Crippen LogP contribution is -2.36. The zero-order chi connectivity index (χ0) is 22.6. The minimum atomic E-state index is -0.748. The van der Waals surface area contributed by atoms with Crippen molar-refractivity contribution in [3.63, 3.8) is 0 Å². The average molecular weight is 442 g/mol. The number of anilines is 1. The molecule has 2 aromatic heterocycles. The van der Waals surface area contributed by atoms with Gasteiger partial charge in [-0.1, -0.05) is 18.2 Å². The summed E-state index contributed by atoms with van der Waals surface area (Å²) in [4.78, 5) is 26.3. The molecule has 1 N–H and O–H groups in total. The van der Waals surface area contributed by atoms with Crippen LogP contribution in [0.15, 0.2) is 77.7 Å². The van der Waals surface area contributed by atoms with E-state index in [2.05, 4.69) is 9.97 Å². The Kier molecular flexibility index (Phi) is 5.72. The van der Waals surface area contributed by atoms with E-state index < -0.39 is 5.97 Å². The number of aliphatic carboxylic acids is 1. The molecule has 33 heavy (non-hydrogen) atoms. The first-order valence-corrected chi connectivity index (χ1v) is 10.7. The molecule has 0 radical (unpaired) electrons. The molecular formula is C25H22N4O4. The van der Waals surface area contributed by atoms with Crippen molar-refractivity contribution in [2.45, 2.75) is 12.8 Å². The highest BCUT2D eigenvalue weighted by Crippen LogP contribution is 2.37. The Morgan fingerprint density at radius 3 is 2.27 bits per heavy atom. The Labute approximate surface area is 190 Å². The van der Waals surface area contributed by atoms with Crippen LogP contribution in [0.5, 0.6) is 11.5 Å². The molecule has 4 aromatic rings. The Morgan fingerprint density at radius 2 is 1.61 bits per heavy atom. The number of oxazole rings is 1. The van der Waals surface area contributed by atoms with Crippen molar-refractivity contribution < 1.29 is 19.1 Å². The van der Waals surface area contributed by atoms with Crippen LogP contribution < -0.4 is 9.64 Å². The summed E-state index contributed by atoms with van der Waals surface area (Å²) in [6.07, 6.45) is 5.95. The van der Waals surface area contributed by atoms with Crippen LogP contribution in [0, 0.1) is 5.92 Å². The quantitative estimate of drug-likeness (QED) is 0.450. The lowest BCUT2D eigenvalue weighted by atomic mass is 9.97. The molecule has 166 valence electrons. The molecule has 0 spiro atoms. The van der Waals surface area contributed by atoms with Gasteiger partial charge in [-0.3, -0.25) is 4.79 Å². The third-order valence-electron chi connectivity index (χ3n) is 5.66. The van der Waals surface area contributed by atoms with Gasteiger partial charge in [0.05, 0.1) is 11.5 Å². The zero-order valence-electron chi connectivity index (χ0n) is 17.8. The summed E-state index contributed by atoms with van der Waals surface area (Å²) in [6, 6.07) is 17.7. The number of ether oxygens (including phenoxy) is 1. The predicted octanol–water partition coefficient (Wildman–Crippen LogP) is 4.89. The molecule has 5 rings (SSSR count). The summed E-state index contributed by atoms with van der Waals surface area (Å²) in [6.45, 7) is 1.15. The molecule has 1 aliphatic heterocycles. The van der Waals surface area contributed by atoms with Gasteiger partial charge in [0.15, 0.2) is 5.76 Å². The first-order valence-electron chi connectivity index (χ1n) is 10.7. The third-order valence-corrected chi connectivity index (χ3v) is 5.66. The fourth-order valence-corrected chi connectivity index (χ4v) is 3.87. The van der Waals surface area contributed by atoms with Crippen LogP contribution in [0.1, 0.15) is 12.8 Å². The Bertz CT molecular complexity index is 1220. The topological polar surface area (TPSA) is 102 Å². The van der Waals surface area contributed by atoms with Gasteiger partial charge in [0.25, 0.3) is 6.01 Å². The van der Waals surface area contributed by atoms with Gasteiger partial charge < -0.3 is 19.2 Å². The number of hydrogen-bond donors (Lipinski definition) is 1. The number of carboxylic acid groups (broad SMARTS) is 1. The van der Waals surface area contributed by atoms with E-state index in [4.69, 9.17) is 14.1 Å². The van der Waals surface area contributed by atoms with Gasteiger partial charge in [-0.15, -0.1) is 0 Å². The summed E-state index contributed by atoms with van der Waals surface area (Å²) in [5.41, 5.74) is 2.26. The number of benzene rings is 2. The van der Waals surface area contributed by atoms with E-state index in [1.807, 2.05) is 59.5 Å². The lowest BCUT2D eigenvalue weighted by Gasteiger charge is -2.28. The molecule has 8 heteroatoms. The highest BCUT2D eigenvalue weighted by molar-refractivity contribution is 5.78. The van der Waals surface area contributed by atoms with Gasteiger partial charge in [0.1, 0.15) is 23.5 Å². The average Bonchev–Trinajstić information content (AvgIpc) is 3.31. The molecule has 0 saturated carbocycles. The molecule has 0 bridgehead atoms. The number of nitrogens with zero attached hydrogens (tertiary/aromatic N) is 4. The summed E-state index contributed by atoms with van der Waals surface area (Å²) in [5.74, 6) is 0.982. The normalized spacial score (nSPS) is 14.2. The lowest BCUT2D eigenvalue weighted by molar-refractivity contribution is -0.142. The second-order valence-corrected chi connectivity index (χ2v) is 7.84. The van der Waals surface area contributed by atoms with Crippen molar-refractivity contribution in [2.75, 3.05) is 18.0 Å². The fraction of sp³-hybridized carbons (Fsp3) is 0.200. The molecule has 8 nitrogen and oxygen atoms in total. The fourth-order valence-electron chi connectivity index (χ4n) is 3.87. The molecule has 0 aliphatic carbocycles. The molecule has 2 aromatic carbocycles. The van der Waals surface area contributed by atoms with E-state index in [0.29, 0.717) is 49.1 Å². The summed E-state index contributed by atoms with van der Waals surface area (Å²) in [7, 11) is 0. The number of hydrogen-bond acceptors (Lipinski definition) is 7. The van der Waals surface area contributed by atoms with Crippen LogP contribution in [-0.4, -0.2) is 39.1 Å². The second-order valence-electron chi connectivity index (χ2n) is 7.84. The largest absolute Gasteiger partial charge is 0.481 e. The molecular weight excluding hydrogens is 420 g/mol. The van der Waals surface area contributed by atoms with Crippen molar-refractivity contribution in [1.29, 1.82) is 0 Å². The highest BCUT2D eigenvalue weighted by Gasteiger charge is 2.28. The summed E-state index contributed by atoms with van der Waals surface area (Å²) >= 11 is 0. The van der Waals surface area contributed by atoms with Crippen molar-refractivity contribution in [3.8, 4) is 34.1 Å². The van der Waals surface area contributed by atoms with Crippen molar-refractivity contribution in [3.05, 3.63) is 73.3 Å². The molecule has 0 unspecified atom stereocenters. The zero-order valence-corrected chi connectivity index (χ0v) is 17.8. The van der Waals surface area contributed by atoms with Crippen LogP contribution in [0.2, 0.25) is 0 Å². The van der Waals surface area contributed by atoms with E-state index in [9.17, 15) is 9.90 Å². The van der Waals surface area contributed by atoms with Gasteiger partial charge in [-0.2, -0.15) is 4.98 Å². The highest BCUT2D eigenvalue weighted by atomic mass is 16.5. The molecule has 3 heterocycles. The standard InChI is InChI=1S/C25H22N4O4/c30-24(31)18-10-12-29(13-11-18)25-28-22(23(33-25)19-14-26-16-27-15-19)17-6-8-21(9-7-17)32-20-4-2-1-3-5-20/h1-9,14-16,18H,10-13H2,(H,30,31). The van der Waals surface area contributed by atoms with E-state index in [1.165, 1.54) is 6.33 Å². The van der Waals surface area contributed by atoms with Crippen molar-refractivity contribution in [2.24, 2.45) is 5.92 Å². The van der Waals surface area contributed by atoms with Gasteiger partial charge in [-0.25, -0.2) is 9.97 Å². The van der Waals surface area contributed by atoms with Crippen LogP contribution in [0.4, 0.5) is 6.01 Å². The van der Waals surface area contributed by atoms with E-state index in [-0.39, 0.29) is 5.92 Å². The minimum absolute atomic E-state index is 0.324. The summed E-state index contributed by atoms with van der Waals surface area (Å²) in [5, 5.41) is 9.27. The first-order chi connectivity index (χ1) is 16.2. The van der Waals surface area contributed by atoms with Gasteiger partial charge >= 0.3 is 5.97 Å². The molecule has 0 amide bonds. The number of carboxylic acids is 1. The molecule has 1 saturated heterocycles. The third kappa shape index (κ3) is 4.55. The van der Waals surface area contributed by atoms with Crippen LogP contribution in [0.3, 0.4) is 0 Å². The Hall–Kier alpha value is -4.20. The van der Waals surface area contributed by atoms with Crippen LogP contribution in [-0.2, 0) is 4.79 Å². The predicted molar refractivity (Wildman–Crippen MR) is 122 cm³/mol. The van der Waals surface area contributed by atoms with Gasteiger partial charge in [0.2, 0.25) is 0 Å². The van der Waals surface area contributed by atoms with Crippen LogP contribution >= 0.6 is 0 Å². The number of aromatic nitrogens is 3. The SMILES string of the molecule is O=C(O)C1CCN(c2nc(-c3ccc(Oc4ccccc4)cc3)c(-c3cncnc3)o2)CC1. The van der Waals surface area contributed by atoms with Gasteiger partial charge in [0, 0.05) is 31.0 Å². The van der Waals surface area contributed by atoms with Gasteiger partial charge in [-0.05, 0) is 49.2 Å². The smallest absolute Gasteiger partial charge is 0.306 e. The van der Waals surface area contributed by atoms with E-state index >= 15 is 0 Å². The second kappa shape index (κ2) is 9.12. The van der Waals surface area contributed by atoms with Crippen molar-refractivity contribution in [1.82, 2.24) is 15.0 Å². The summed E-state index contributed by atoms with van der Waals surface area (Å²) < 4.78 is 12.1. The monoisotopic (exact) mass is 442 g/mol. The first kappa shape index (κ1) is 20.7. The maximum absolute atomic E-state index is 11.3. The van der Waals surface area contributed by atoms with Crippen molar-refractivity contribution >= 4 is 12.0 Å². The Morgan fingerprint density at radius 1 is 0.939 bits per heavy atom. The number of rotatable bonds is 6.